The second kappa shape index (κ2) is 4.64. The van der Waals surface area contributed by atoms with Gasteiger partial charge in [-0.3, -0.25) is 4.90 Å². The van der Waals surface area contributed by atoms with Gasteiger partial charge in [-0.25, -0.2) is 4.79 Å². The molecule has 0 spiro atoms. The Balaban J connectivity index is 1.75. The third kappa shape index (κ3) is 1.66. The van der Waals surface area contributed by atoms with Crippen LogP contribution in [-0.2, 0) is 4.74 Å². The summed E-state index contributed by atoms with van der Waals surface area (Å²) in [5, 5.41) is 21.2. The van der Waals surface area contributed by atoms with Crippen LogP contribution in [-0.4, -0.2) is 59.7 Å². The van der Waals surface area contributed by atoms with Crippen molar-refractivity contribution in [2.75, 3.05) is 20.4 Å². The summed E-state index contributed by atoms with van der Waals surface area (Å²) in [5.41, 5.74) is 1.89. The molecule has 1 aromatic carbocycles. The minimum Gasteiger partial charge on any atom is -0.504 e. The zero-order valence-corrected chi connectivity index (χ0v) is 13.1. The van der Waals surface area contributed by atoms with Gasteiger partial charge < -0.3 is 24.4 Å². The van der Waals surface area contributed by atoms with Crippen LogP contribution in [0.2, 0.25) is 0 Å². The first-order chi connectivity index (χ1) is 11.6. The first kappa shape index (κ1) is 14.1. The average Bonchev–Trinajstić information content (AvgIpc) is 3.16. The number of aromatic hydroxyl groups is 1. The van der Waals surface area contributed by atoms with Crippen LogP contribution in [0.15, 0.2) is 17.7 Å². The second-order valence-electron chi connectivity index (χ2n) is 6.72. The van der Waals surface area contributed by atoms with Crippen molar-refractivity contribution >= 4 is 5.97 Å². The number of aliphatic hydroxyl groups excluding tert-OH is 1. The summed E-state index contributed by atoms with van der Waals surface area (Å²) in [6, 6.07) is 1.55. The SMILES string of the molecule is CN1CCC2=CC(O)C3OC(=O)c4cc5c(c(O)c4C3C21)OCO5. The lowest BCUT2D eigenvalue weighted by Gasteiger charge is -2.43. The number of carbonyl (C=O) groups is 1. The van der Waals surface area contributed by atoms with E-state index in [-0.39, 0.29) is 35.8 Å². The number of phenols is 1. The maximum atomic E-state index is 12.4. The molecule has 0 amide bonds. The molecule has 1 saturated heterocycles. The molecule has 24 heavy (non-hydrogen) atoms. The second-order valence-corrected chi connectivity index (χ2v) is 6.72. The molecule has 4 unspecified atom stereocenters. The van der Waals surface area contributed by atoms with E-state index in [1.54, 1.807) is 12.1 Å². The van der Waals surface area contributed by atoms with Crippen LogP contribution in [0.4, 0.5) is 0 Å². The fraction of sp³-hybridized carbons (Fsp3) is 0.471. The van der Waals surface area contributed by atoms with Gasteiger partial charge >= 0.3 is 5.97 Å². The molecule has 3 aliphatic heterocycles. The molecule has 1 fully saturated rings. The fourth-order valence-corrected chi connectivity index (χ4v) is 4.47. The van der Waals surface area contributed by atoms with E-state index in [1.807, 2.05) is 7.05 Å². The molecule has 2 N–H and O–H groups in total. The molecule has 4 atom stereocenters. The summed E-state index contributed by atoms with van der Waals surface area (Å²) in [6.07, 6.45) is 1.05. The Hall–Kier alpha value is -2.25. The third-order valence-corrected chi connectivity index (χ3v) is 5.50. The lowest BCUT2D eigenvalue weighted by molar-refractivity contribution is -0.0341. The number of aliphatic hydroxyl groups is 1. The van der Waals surface area contributed by atoms with E-state index in [0.717, 1.165) is 18.5 Å². The van der Waals surface area contributed by atoms with Crippen molar-refractivity contribution in [3.8, 4) is 17.2 Å². The van der Waals surface area contributed by atoms with Crippen LogP contribution in [0, 0.1) is 0 Å². The van der Waals surface area contributed by atoms with Crippen LogP contribution in [0.1, 0.15) is 28.3 Å². The highest BCUT2D eigenvalue weighted by Crippen LogP contribution is 2.53. The van der Waals surface area contributed by atoms with E-state index in [2.05, 4.69) is 4.90 Å². The Kier molecular flexibility index (Phi) is 2.73. The predicted octanol–water partition coefficient (Wildman–Crippen LogP) is 0.748. The molecule has 126 valence electrons. The molecule has 1 aromatic rings. The molecule has 0 radical (unpaired) electrons. The van der Waals surface area contributed by atoms with Gasteiger partial charge in [0, 0.05) is 24.1 Å². The van der Waals surface area contributed by atoms with Gasteiger partial charge in [-0.05, 0) is 19.5 Å². The van der Waals surface area contributed by atoms with Gasteiger partial charge in [0.25, 0.3) is 0 Å². The van der Waals surface area contributed by atoms with E-state index in [4.69, 9.17) is 14.2 Å². The van der Waals surface area contributed by atoms with Crippen molar-refractivity contribution in [2.24, 2.45) is 0 Å². The molecule has 4 aliphatic rings. The van der Waals surface area contributed by atoms with Crippen molar-refractivity contribution in [2.45, 2.75) is 30.6 Å². The highest BCUT2D eigenvalue weighted by molar-refractivity contribution is 5.95. The number of ether oxygens (including phenoxy) is 3. The number of hydrogen-bond donors (Lipinski definition) is 2. The lowest BCUT2D eigenvalue weighted by Crippen LogP contribution is -2.50. The zero-order chi connectivity index (χ0) is 16.6. The number of carbonyl (C=O) groups excluding carboxylic acids is 1. The lowest BCUT2D eigenvalue weighted by atomic mass is 9.73. The normalized spacial score (nSPS) is 33.4. The van der Waals surface area contributed by atoms with Crippen molar-refractivity contribution in [1.29, 1.82) is 0 Å². The quantitative estimate of drug-likeness (QED) is 0.536. The predicted molar refractivity (Wildman–Crippen MR) is 81.3 cm³/mol. The first-order valence-corrected chi connectivity index (χ1v) is 8.01. The number of rotatable bonds is 0. The van der Waals surface area contributed by atoms with Crippen molar-refractivity contribution in [1.82, 2.24) is 4.90 Å². The van der Waals surface area contributed by atoms with Crippen LogP contribution >= 0.6 is 0 Å². The Morgan fingerprint density at radius 2 is 2.17 bits per heavy atom. The zero-order valence-electron chi connectivity index (χ0n) is 13.1. The maximum Gasteiger partial charge on any atom is 0.339 e. The number of phenolic OH excluding ortho intramolecular Hbond substituents is 1. The highest BCUT2D eigenvalue weighted by Gasteiger charge is 2.52. The van der Waals surface area contributed by atoms with Gasteiger partial charge in [0.1, 0.15) is 12.2 Å². The molecule has 0 aromatic heterocycles. The van der Waals surface area contributed by atoms with Crippen molar-refractivity contribution in [3.63, 3.8) is 0 Å². The number of benzene rings is 1. The Morgan fingerprint density at radius 3 is 3.00 bits per heavy atom. The smallest absolute Gasteiger partial charge is 0.339 e. The summed E-state index contributed by atoms with van der Waals surface area (Å²) < 4.78 is 16.2. The van der Waals surface area contributed by atoms with Gasteiger partial charge in [-0.15, -0.1) is 0 Å². The number of fused-ring (bicyclic) bond motifs is 6. The first-order valence-electron chi connectivity index (χ1n) is 8.01. The minimum absolute atomic E-state index is 0.00599. The van der Waals surface area contributed by atoms with Crippen LogP contribution in [0.25, 0.3) is 0 Å². The molecule has 7 nitrogen and oxygen atoms in total. The van der Waals surface area contributed by atoms with Crippen molar-refractivity contribution < 1.29 is 29.2 Å². The Bertz CT molecular complexity index is 788. The fourth-order valence-electron chi connectivity index (χ4n) is 4.47. The Morgan fingerprint density at radius 1 is 1.33 bits per heavy atom. The van der Waals surface area contributed by atoms with Gasteiger partial charge in [0.05, 0.1) is 5.56 Å². The number of hydrogen-bond acceptors (Lipinski definition) is 7. The van der Waals surface area contributed by atoms with Gasteiger partial charge in [-0.2, -0.15) is 0 Å². The van der Waals surface area contributed by atoms with E-state index in [1.165, 1.54) is 0 Å². The van der Waals surface area contributed by atoms with E-state index < -0.39 is 18.2 Å². The Labute approximate surface area is 138 Å². The molecule has 7 heteroatoms. The van der Waals surface area contributed by atoms with E-state index in [0.29, 0.717) is 11.3 Å². The minimum atomic E-state index is -0.880. The third-order valence-electron chi connectivity index (χ3n) is 5.50. The van der Waals surface area contributed by atoms with Crippen LogP contribution < -0.4 is 9.47 Å². The topological polar surface area (TPSA) is 88.5 Å². The number of likely N-dealkylation sites (tertiary alicyclic amines) is 1. The standard InChI is InChI=1S/C17H17NO6/c1-18-3-2-7-4-9(19)15-12(13(7)18)11-8(17(21)24-15)5-10-16(14(11)20)23-6-22-10/h4-5,9,12-13,15,19-20H,2-3,6H2,1H3. The number of esters is 1. The number of nitrogens with zero attached hydrogens (tertiary/aromatic N) is 1. The van der Waals surface area contributed by atoms with Crippen LogP contribution in [0.5, 0.6) is 17.2 Å². The van der Waals surface area contributed by atoms with Crippen LogP contribution in [0.3, 0.4) is 0 Å². The van der Waals surface area contributed by atoms with Gasteiger partial charge in [0.2, 0.25) is 12.5 Å². The molecular weight excluding hydrogens is 314 g/mol. The molecule has 0 saturated carbocycles. The monoisotopic (exact) mass is 331 g/mol. The average molecular weight is 331 g/mol. The van der Waals surface area contributed by atoms with Gasteiger partial charge in [0.15, 0.2) is 11.5 Å². The molecule has 5 rings (SSSR count). The highest BCUT2D eigenvalue weighted by atomic mass is 16.7. The van der Waals surface area contributed by atoms with E-state index >= 15 is 0 Å². The molecular formula is C17H17NO6. The largest absolute Gasteiger partial charge is 0.504 e. The molecule has 1 aliphatic carbocycles. The number of likely N-dealkylation sites (N-methyl/N-ethyl adjacent to an activating group) is 1. The summed E-state index contributed by atoms with van der Waals surface area (Å²) >= 11 is 0. The summed E-state index contributed by atoms with van der Waals surface area (Å²) in [6.45, 7) is 0.868. The molecule has 0 bridgehead atoms. The molecule has 3 heterocycles. The maximum absolute atomic E-state index is 12.4. The summed E-state index contributed by atoms with van der Waals surface area (Å²) in [4.78, 5) is 14.6. The summed E-state index contributed by atoms with van der Waals surface area (Å²) in [5.74, 6) is -0.381. The van der Waals surface area contributed by atoms with E-state index in [9.17, 15) is 15.0 Å². The summed E-state index contributed by atoms with van der Waals surface area (Å²) in [7, 11) is 2.00. The van der Waals surface area contributed by atoms with Gasteiger partial charge in [-0.1, -0.05) is 11.6 Å². The van der Waals surface area contributed by atoms with Crippen molar-refractivity contribution in [3.05, 3.63) is 28.8 Å².